The zero-order valence-corrected chi connectivity index (χ0v) is 13.2. The Morgan fingerprint density at radius 3 is 2.80 bits per heavy atom. The Bertz CT molecular complexity index is 418. The molecular weight excluding hydrogens is 246 g/mol. The maximum Gasteiger partial charge on any atom is 0.0547 e. The third-order valence-corrected chi connectivity index (χ3v) is 4.71. The number of nitrogens with two attached hydrogens (primary N) is 1. The number of nitrogens with zero attached hydrogens (tertiary/aromatic N) is 2. The van der Waals surface area contributed by atoms with E-state index in [1.165, 1.54) is 25.0 Å². The van der Waals surface area contributed by atoms with Crippen molar-refractivity contribution in [3.63, 3.8) is 0 Å². The molecule has 0 aliphatic heterocycles. The first-order chi connectivity index (χ1) is 9.63. The van der Waals surface area contributed by atoms with Crippen molar-refractivity contribution in [2.24, 2.45) is 17.6 Å². The van der Waals surface area contributed by atoms with Gasteiger partial charge in [0.15, 0.2) is 0 Å². The second kappa shape index (κ2) is 7.19. The Labute approximate surface area is 123 Å². The van der Waals surface area contributed by atoms with Crippen LogP contribution < -0.4 is 5.73 Å². The lowest BCUT2D eigenvalue weighted by molar-refractivity contribution is 0.0832. The van der Waals surface area contributed by atoms with Crippen molar-refractivity contribution < 1.29 is 0 Å². The molecule has 112 valence electrons. The molecule has 3 unspecified atom stereocenters. The summed E-state index contributed by atoms with van der Waals surface area (Å²) in [5.74, 6) is 1.47. The molecule has 1 aliphatic rings. The summed E-state index contributed by atoms with van der Waals surface area (Å²) in [5.41, 5.74) is 8.29. The number of rotatable bonds is 5. The summed E-state index contributed by atoms with van der Waals surface area (Å²) in [6.07, 6.45) is 3.89. The van der Waals surface area contributed by atoms with Gasteiger partial charge in [-0.2, -0.15) is 0 Å². The molecule has 1 heterocycles. The number of hydrogen-bond acceptors (Lipinski definition) is 3. The van der Waals surface area contributed by atoms with Crippen LogP contribution >= 0.6 is 0 Å². The Hall–Kier alpha value is -0.930. The Kier molecular flexibility index (Phi) is 5.55. The van der Waals surface area contributed by atoms with Crippen molar-refractivity contribution in [1.29, 1.82) is 0 Å². The molecule has 3 heteroatoms. The predicted molar refractivity (Wildman–Crippen MR) is 84.4 cm³/mol. The molecule has 0 saturated heterocycles. The molecule has 1 aromatic heterocycles. The van der Waals surface area contributed by atoms with Gasteiger partial charge in [-0.05, 0) is 56.8 Å². The van der Waals surface area contributed by atoms with Crippen molar-refractivity contribution in [1.82, 2.24) is 9.88 Å². The molecule has 1 aliphatic carbocycles. The van der Waals surface area contributed by atoms with Gasteiger partial charge in [0, 0.05) is 18.3 Å². The quantitative estimate of drug-likeness (QED) is 0.898. The van der Waals surface area contributed by atoms with Crippen molar-refractivity contribution in [3.05, 3.63) is 29.6 Å². The van der Waals surface area contributed by atoms with Gasteiger partial charge in [0.2, 0.25) is 0 Å². The highest BCUT2D eigenvalue weighted by atomic mass is 15.2. The van der Waals surface area contributed by atoms with E-state index >= 15 is 0 Å². The van der Waals surface area contributed by atoms with E-state index in [9.17, 15) is 0 Å². The zero-order valence-electron chi connectivity index (χ0n) is 13.2. The zero-order chi connectivity index (χ0) is 14.5. The van der Waals surface area contributed by atoms with Crippen LogP contribution in [-0.4, -0.2) is 29.0 Å². The topological polar surface area (TPSA) is 42.2 Å². The summed E-state index contributed by atoms with van der Waals surface area (Å²) in [6.45, 7) is 9.52. The van der Waals surface area contributed by atoms with E-state index in [0.29, 0.717) is 12.0 Å². The second-order valence-electron chi connectivity index (χ2n) is 6.31. The van der Waals surface area contributed by atoms with Crippen LogP contribution in [0.4, 0.5) is 0 Å². The third-order valence-electron chi connectivity index (χ3n) is 4.71. The average molecular weight is 275 g/mol. The number of aromatic nitrogens is 1. The van der Waals surface area contributed by atoms with Crippen LogP contribution in [0.15, 0.2) is 18.2 Å². The molecule has 1 saturated carbocycles. The first-order valence-corrected chi connectivity index (χ1v) is 8.00. The summed E-state index contributed by atoms with van der Waals surface area (Å²) < 4.78 is 0. The molecule has 0 amide bonds. The van der Waals surface area contributed by atoms with Crippen LogP contribution in [0.5, 0.6) is 0 Å². The number of hydrogen-bond donors (Lipinski definition) is 1. The lowest BCUT2D eigenvalue weighted by Gasteiger charge is -2.41. The minimum Gasteiger partial charge on any atom is -0.330 e. The first-order valence-electron chi connectivity index (χ1n) is 8.00. The minimum absolute atomic E-state index is 0.621. The van der Waals surface area contributed by atoms with Crippen LogP contribution in [0.3, 0.4) is 0 Å². The van der Waals surface area contributed by atoms with E-state index in [1.807, 2.05) is 0 Å². The fourth-order valence-electron chi connectivity index (χ4n) is 3.49. The molecule has 2 N–H and O–H groups in total. The lowest BCUT2D eigenvalue weighted by Crippen LogP contribution is -2.46. The van der Waals surface area contributed by atoms with Gasteiger partial charge >= 0.3 is 0 Å². The van der Waals surface area contributed by atoms with Crippen LogP contribution in [0, 0.1) is 18.8 Å². The third kappa shape index (κ3) is 3.80. The fourth-order valence-corrected chi connectivity index (χ4v) is 3.49. The van der Waals surface area contributed by atoms with E-state index in [1.54, 1.807) is 0 Å². The highest BCUT2D eigenvalue weighted by Gasteiger charge is 2.31. The molecule has 0 spiro atoms. The minimum atomic E-state index is 0.621. The van der Waals surface area contributed by atoms with Crippen molar-refractivity contribution >= 4 is 0 Å². The molecular formula is C17H29N3. The van der Waals surface area contributed by atoms with Crippen LogP contribution in [-0.2, 0) is 6.54 Å². The molecule has 3 atom stereocenters. The fraction of sp³-hybridized carbons (Fsp3) is 0.706. The van der Waals surface area contributed by atoms with Crippen molar-refractivity contribution in [2.45, 2.75) is 52.6 Å². The van der Waals surface area contributed by atoms with Gasteiger partial charge in [0.25, 0.3) is 0 Å². The van der Waals surface area contributed by atoms with Gasteiger partial charge in [-0.25, -0.2) is 0 Å². The lowest BCUT2D eigenvalue weighted by atomic mass is 9.78. The maximum absolute atomic E-state index is 6.01. The monoisotopic (exact) mass is 275 g/mol. The van der Waals surface area contributed by atoms with E-state index < -0.39 is 0 Å². The summed E-state index contributed by atoms with van der Waals surface area (Å²) >= 11 is 0. The summed E-state index contributed by atoms with van der Waals surface area (Å²) in [4.78, 5) is 7.23. The van der Waals surface area contributed by atoms with E-state index in [-0.39, 0.29) is 0 Å². The highest BCUT2D eigenvalue weighted by molar-refractivity contribution is 5.10. The highest BCUT2D eigenvalue weighted by Crippen LogP contribution is 2.32. The maximum atomic E-state index is 6.01. The first kappa shape index (κ1) is 15.5. The summed E-state index contributed by atoms with van der Waals surface area (Å²) in [5, 5.41) is 0. The van der Waals surface area contributed by atoms with Crippen LogP contribution in [0.25, 0.3) is 0 Å². The Morgan fingerprint density at radius 1 is 1.35 bits per heavy atom. The smallest absolute Gasteiger partial charge is 0.0547 e. The molecule has 3 nitrogen and oxygen atoms in total. The van der Waals surface area contributed by atoms with Crippen LogP contribution in [0.1, 0.15) is 44.5 Å². The second-order valence-corrected chi connectivity index (χ2v) is 6.31. The average Bonchev–Trinajstić information content (AvgIpc) is 2.45. The van der Waals surface area contributed by atoms with Gasteiger partial charge in [-0.1, -0.05) is 26.3 Å². The molecule has 1 fully saturated rings. The Morgan fingerprint density at radius 2 is 2.15 bits per heavy atom. The molecule has 1 aromatic rings. The normalized spacial score (nSPS) is 26.9. The van der Waals surface area contributed by atoms with E-state index in [4.69, 9.17) is 5.73 Å². The number of pyridine rings is 1. The molecule has 2 rings (SSSR count). The van der Waals surface area contributed by atoms with E-state index in [0.717, 1.165) is 31.2 Å². The predicted octanol–water partition coefficient (Wildman–Crippen LogP) is 2.98. The molecule has 20 heavy (non-hydrogen) atoms. The van der Waals surface area contributed by atoms with Gasteiger partial charge in [0.05, 0.1) is 5.69 Å². The molecule has 0 aromatic carbocycles. The molecule has 0 bridgehead atoms. The summed E-state index contributed by atoms with van der Waals surface area (Å²) in [7, 11) is 0. The Balaban J connectivity index is 2.09. The van der Waals surface area contributed by atoms with Gasteiger partial charge in [0.1, 0.15) is 0 Å². The van der Waals surface area contributed by atoms with Gasteiger partial charge in [-0.15, -0.1) is 0 Å². The SMILES string of the molecule is CCN(Cc1cccc(C)n1)C1CC(C)CCC1CN. The van der Waals surface area contributed by atoms with E-state index in [2.05, 4.69) is 48.9 Å². The standard InChI is InChI=1S/C17H29N3/c1-4-20(12-16-7-5-6-14(3)19-16)17-10-13(2)8-9-15(17)11-18/h5-7,13,15,17H,4,8-12,18H2,1-3H3. The van der Waals surface area contributed by atoms with Crippen molar-refractivity contribution in [2.75, 3.05) is 13.1 Å². The largest absolute Gasteiger partial charge is 0.330 e. The number of aryl methyl sites for hydroxylation is 1. The van der Waals surface area contributed by atoms with Gasteiger partial charge < -0.3 is 5.73 Å². The van der Waals surface area contributed by atoms with Gasteiger partial charge in [-0.3, -0.25) is 9.88 Å². The molecule has 0 radical (unpaired) electrons. The summed E-state index contributed by atoms with van der Waals surface area (Å²) in [6, 6.07) is 6.93. The van der Waals surface area contributed by atoms with Crippen molar-refractivity contribution in [3.8, 4) is 0 Å². The van der Waals surface area contributed by atoms with Crippen LogP contribution in [0.2, 0.25) is 0 Å².